The van der Waals surface area contributed by atoms with Gasteiger partial charge in [-0.25, -0.2) is 0 Å². The molecule has 2 rings (SSSR count). The second kappa shape index (κ2) is 6.96. The summed E-state index contributed by atoms with van der Waals surface area (Å²) < 4.78 is 0.820. The smallest absolute Gasteiger partial charge is 0.254 e. The van der Waals surface area contributed by atoms with Gasteiger partial charge in [-0.2, -0.15) is 0 Å². The number of benzene rings is 1. The van der Waals surface area contributed by atoms with Gasteiger partial charge >= 0.3 is 0 Å². The van der Waals surface area contributed by atoms with Crippen molar-refractivity contribution in [2.75, 3.05) is 12.4 Å². The molecule has 1 aromatic rings. The summed E-state index contributed by atoms with van der Waals surface area (Å²) in [6, 6.07) is 5.62. The number of nitrogens with zero attached hydrogens (tertiary/aromatic N) is 1. The Hall–Kier alpha value is -0.250. The van der Waals surface area contributed by atoms with Gasteiger partial charge in [-0.15, -0.1) is 11.6 Å². The van der Waals surface area contributed by atoms with Crippen molar-refractivity contribution in [3.8, 4) is 0 Å². The molecular weight excluding hydrogens is 349 g/mol. The van der Waals surface area contributed by atoms with Crippen molar-refractivity contribution in [1.82, 2.24) is 4.90 Å². The van der Waals surface area contributed by atoms with E-state index in [4.69, 9.17) is 23.2 Å². The summed E-state index contributed by atoms with van der Waals surface area (Å²) in [6.07, 6.45) is 4.53. The van der Waals surface area contributed by atoms with Crippen molar-refractivity contribution in [3.05, 3.63) is 33.3 Å². The van der Waals surface area contributed by atoms with E-state index in [-0.39, 0.29) is 5.91 Å². The summed E-state index contributed by atoms with van der Waals surface area (Å²) >= 11 is 15.2. The van der Waals surface area contributed by atoms with E-state index in [0.717, 1.165) is 17.3 Å². The van der Waals surface area contributed by atoms with E-state index in [1.165, 1.54) is 12.8 Å². The minimum atomic E-state index is 0.0238. The second-order valence-corrected chi connectivity index (χ2v) is 6.51. The molecule has 0 unspecified atom stereocenters. The van der Waals surface area contributed by atoms with Crippen LogP contribution in [0.2, 0.25) is 5.02 Å². The third-order valence-electron chi connectivity index (χ3n) is 3.46. The molecule has 1 aromatic carbocycles. The van der Waals surface area contributed by atoms with Crippen molar-refractivity contribution in [2.24, 2.45) is 0 Å². The van der Waals surface area contributed by atoms with Gasteiger partial charge in [-0.05, 0) is 31.0 Å². The molecule has 104 valence electrons. The largest absolute Gasteiger partial charge is 0.334 e. The van der Waals surface area contributed by atoms with Crippen LogP contribution in [0.5, 0.6) is 0 Å². The minimum Gasteiger partial charge on any atom is -0.334 e. The van der Waals surface area contributed by atoms with E-state index < -0.39 is 0 Å². The Labute approximate surface area is 132 Å². The number of rotatable bonds is 4. The third kappa shape index (κ3) is 3.87. The van der Waals surface area contributed by atoms with Crippen LogP contribution in [0, 0.1) is 0 Å². The third-order valence-corrected chi connectivity index (χ3v) is 4.31. The lowest BCUT2D eigenvalue weighted by molar-refractivity contribution is 0.0695. The van der Waals surface area contributed by atoms with Gasteiger partial charge in [0.25, 0.3) is 5.91 Å². The monoisotopic (exact) mass is 363 g/mol. The molecule has 0 N–H and O–H groups in total. The van der Waals surface area contributed by atoms with Gasteiger partial charge in [0.1, 0.15) is 0 Å². The zero-order valence-electron chi connectivity index (χ0n) is 10.5. The van der Waals surface area contributed by atoms with Crippen molar-refractivity contribution >= 4 is 45.0 Å². The molecule has 0 aliphatic heterocycles. The first-order valence-corrected chi connectivity index (χ1v) is 8.15. The van der Waals surface area contributed by atoms with Gasteiger partial charge in [-0.3, -0.25) is 4.79 Å². The van der Waals surface area contributed by atoms with Gasteiger partial charge in [0.15, 0.2) is 0 Å². The van der Waals surface area contributed by atoms with Crippen molar-refractivity contribution < 1.29 is 4.79 Å². The average Bonchev–Trinajstić information content (AvgIpc) is 2.87. The first-order valence-electron chi connectivity index (χ1n) is 6.45. The van der Waals surface area contributed by atoms with Crippen LogP contribution in [-0.2, 0) is 0 Å². The standard InChI is InChI=1S/C14H16BrCl2NO/c15-11-7-10(8-12(17)9-11)14(19)18(6-5-16)13-3-1-2-4-13/h7-9,13H,1-6H2. The van der Waals surface area contributed by atoms with E-state index in [0.29, 0.717) is 29.1 Å². The lowest BCUT2D eigenvalue weighted by Gasteiger charge is -2.28. The SMILES string of the molecule is O=C(c1cc(Cl)cc(Br)c1)N(CCCl)C1CCCC1. The average molecular weight is 365 g/mol. The topological polar surface area (TPSA) is 20.3 Å². The summed E-state index contributed by atoms with van der Waals surface area (Å²) in [5, 5.41) is 0.565. The molecule has 19 heavy (non-hydrogen) atoms. The Morgan fingerprint density at radius 2 is 2.00 bits per heavy atom. The van der Waals surface area contributed by atoms with Crippen LogP contribution in [0.1, 0.15) is 36.0 Å². The van der Waals surface area contributed by atoms with E-state index >= 15 is 0 Å². The highest BCUT2D eigenvalue weighted by atomic mass is 79.9. The number of hydrogen-bond donors (Lipinski definition) is 0. The number of alkyl halides is 1. The number of carbonyl (C=O) groups is 1. The Kier molecular flexibility index (Phi) is 5.55. The Morgan fingerprint density at radius 1 is 1.32 bits per heavy atom. The quantitative estimate of drug-likeness (QED) is 0.707. The number of carbonyl (C=O) groups excluding carboxylic acids is 1. The summed E-state index contributed by atoms with van der Waals surface area (Å²) in [5.41, 5.74) is 0.622. The van der Waals surface area contributed by atoms with Crippen LogP contribution >= 0.6 is 39.1 Å². The molecule has 0 radical (unpaired) electrons. The zero-order chi connectivity index (χ0) is 13.8. The molecule has 1 saturated carbocycles. The maximum atomic E-state index is 12.6. The molecular formula is C14H16BrCl2NO. The van der Waals surface area contributed by atoms with Crippen LogP contribution in [0.3, 0.4) is 0 Å². The second-order valence-electron chi connectivity index (χ2n) is 4.78. The number of halogens is 3. The van der Waals surface area contributed by atoms with E-state index in [2.05, 4.69) is 15.9 Å². The molecule has 0 aromatic heterocycles. The van der Waals surface area contributed by atoms with Crippen molar-refractivity contribution in [3.63, 3.8) is 0 Å². The molecule has 1 aliphatic rings. The predicted octanol–water partition coefficient (Wildman–Crippen LogP) is 4.73. The van der Waals surface area contributed by atoms with Crippen LogP contribution in [0.4, 0.5) is 0 Å². The molecule has 1 aliphatic carbocycles. The fourth-order valence-electron chi connectivity index (χ4n) is 2.60. The van der Waals surface area contributed by atoms with Gasteiger partial charge in [-0.1, -0.05) is 40.4 Å². The van der Waals surface area contributed by atoms with Gasteiger partial charge in [0.2, 0.25) is 0 Å². The lowest BCUT2D eigenvalue weighted by atomic mass is 10.1. The Balaban J connectivity index is 2.22. The van der Waals surface area contributed by atoms with Crippen molar-refractivity contribution in [1.29, 1.82) is 0 Å². The first-order chi connectivity index (χ1) is 9.11. The molecule has 0 heterocycles. The number of hydrogen-bond acceptors (Lipinski definition) is 1. The molecule has 1 amide bonds. The predicted molar refractivity (Wildman–Crippen MR) is 83.2 cm³/mol. The fraction of sp³-hybridized carbons (Fsp3) is 0.500. The maximum Gasteiger partial charge on any atom is 0.254 e. The first kappa shape index (κ1) is 15.1. The highest BCUT2D eigenvalue weighted by Crippen LogP contribution is 2.26. The Morgan fingerprint density at radius 3 is 2.58 bits per heavy atom. The molecule has 2 nitrogen and oxygen atoms in total. The van der Waals surface area contributed by atoms with Gasteiger partial charge in [0.05, 0.1) is 0 Å². The molecule has 1 fully saturated rings. The van der Waals surface area contributed by atoms with Crippen LogP contribution in [0.15, 0.2) is 22.7 Å². The zero-order valence-corrected chi connectivity index (χ0v) is 13.6. The number of amides is 1. The summed E-state index contributed by atoms with van der Waals surface area (Å²) in [5.74, 6) is 0.486. The molecule has 0 spiro atoms. The van der Waals surface area contributed by atoms with Crippen LogP contribution in [-0.4, -0.2) is 29.3 Å². The maximum absolute atomic E-state index is 12.6. The summed E-state index contributed by atoms with van der Waals surface area (Å²) in [6.45, 7) is 0.592. The fourth-order valence-corrected chi connectivity index (χ4v) is 3.64. The van der Waals surface area contributed by atoms with Crippen LogP contribution in [0.25, 0.3) is 0 Å². The molecule has 0 atom stereocenters. The molecule has 0 saturated heterocycles. The van der Waals surface area contributed by atoms with Gasteiger partial charge in [0, 0.05) is 33.5 Å². The molecule has 5 heteroatoms. The van der Waals surface area contributed by atoms with E-state index in [1.807, 2.05) is 11.0 Å². The molecule has 0 bridgehead atoms. The highest BCUT2D eigenvalue weighted by Gasteiger charge is 2.27. The normalized spacial score (nSPS) is 15.7. The highest BCUT2D eigenvalue weighted by molar-refractivity contribution is 9.10. The summed E-state index contributed by atoms with van der Waals surface area (Å²) in [4.78, 5) is 14.5. The lowest BCUT2D eigenvalue weighted by Crippen LogP contribution is -2.40. The summed E-state index contributed by atoms with van der Waals surface area (Å²) in [7, 11) is 0. The Bertz CT molecular complexity index is 441. The van der Waals surface area contributed by atoms with Crippen LogP contribution < -0.4 is 0 Å². The minimum absolute atomic E-state index is 0.0238. The van der Waals surface area contributed by atoms with E-state index in [9.17, 15) is 4.79 Å². The van der Waals surface area contributed by atoms with Gasteiger partial charge < -0.3 is 4.90 Å². The van der Waals surface area contributed by atoms with Crippen molar-refractivity contribution in [2.45, 2.75) is 31.7 Å². The van der Waals surface area contributed by atoms with E-state index in [1.54, 1.807) is 12.1 Å².